The molecule has 3 aromatic carbocycles. The van der Waals surface area contributed by atoms with Gasteiger partial charge >= 0.3 is 12.3 Å². The summed E-state index contributed by atoms with van der Waals surface area (Å²) in [5.41, 5.74) is -0.516. The van der Waals surface area contributed by atoms with E-state index in [1.54, 1.807) is 68.8 Å². The number of carbonyl (C=O) groups is 4. The Morgan fingerprint density at radius 3 is 2.27 bits per heavy atom. The van der Waals surface area contributed by atoms with Crippen molar-refractivity contribution in [1.29, 1.82) is 0 Å². The highest BCUT2D eigenvalue weighted by Gasteiger charge is 2.47. The molecule has 0 bridgehead atoms. The number of amides is 4. The van der Waals surface area contributed by atoms with Crippen molar-refractivity contribution >= 4 is 29.6 Å². The number of rotatable bonds is 7. The first-order valence-electron chi connectivity index (χ1n) is 16.5. The number of anilines is 1. The molecule has 0 unspecified atom stereocenters. The molecule has 0 aliphatic carbocycles. The zero-order valence-corrected chi connectivity index (χ0v) is 28.6. The van der Waals surface area contributed by atoms with Gasteiger partial charge in [0.15, 0.2) is 0 Å². The summed E-state index contributed by atoms with van der Waals surface area (Å²) in [5, 5.41) is 7.62. The van der Waals surface area contributed by atoms with Crippen molar-refractivity contribution in [2.24, 2.45) is 0 Å². The topological polar surface area (TPSA) is 114 Å². The van der Waals surface area contributed by atoms with E-state index >= 15 is 0 Å². The van der Waals surface area contributed by atoms with Gasteiger partial charge in [-0.1, -0.05) is 42.5 Å². The molecule has 4 amide bonds. The Hall–Kier alpha value is -5.79. The minimum atomic E-state index is -4.72. The van der Waals surface area contributed by atoms with Crippen LogP contribution in [0.2, 0.25) is 0 Å². The van der Waals surface area contributed by atoms with Crippen LogP contribution >= 0.6 is 0 Å². The normalized spacial score (nSPS) is 18.8. The molecule has 1 aromatic heterocycles. The van der Waals surface area contributed by atoms with Gasteiger partial charge in [-0.15, -0.1) is 0 Å². The number of halogens is 4. The SMILES string of the molecule is CCN1C(=O)[C@H](NC(=O)c2cccc(C(F)(F)F)c2)[C@H](c2ccc(F)cc2)c2c(C[C@@H]3C=CC(=O)N3C(=O)OC(C)(C)C)nn(-c3ccccc3)c21. The summed E-state index contributed by atoms with van der Waals surface area (Å²) in [6, 6.07) is 15.8. The Morgan fingerprint density at radius 1 is 0.942 bits per heavy atom. The minimum Gasteiger partial charge on any atom is -0.443 e. The lowest BCUT2D eigenvalue weighted by Gasteiger charge is -2.38. The van der Waals surface area contributed by atoms with E-state index in [0.29, 0.717) is 34.4 Å². The molecule has 0 fully saturated rings. The zero-order valence-electron chi connectivity index (χ0n) is 28.6. The number of hydrogen-bond donors (Lipinski definition) is 1. The first-order chi connectivity index (χ1) is 24.6. The fraction of sp³-hybridized carbons (Fsp3) is 0.289. The van der Waals surface area contributed by atoms with Gasteiger partial charge < -0.3 is 10.1 Å². The Bertz CT molecular complexity index is 2050. The smallest absolute Gasteiger partial charge is 0.417 e. The summed E-state index contributed by atoms with van der Waals surface area (Å²) in [5.74, 6) is -3.38. The van der Waals surface area contributed by atoms with Crippen LogP contribution in [0.1, 0.15) is 66.4 Å². The van der Waals surface area contributed by atoms with Gasteiger partial charge in [0.1, 0.15) is 23.3 Å². The molecule has 0 radical (unpaired) electrons. The van der Waals surface area contributed by atoms with Crippen molar-refractivity contribution in [3.05, 3.63) is 125 Å². The van der Waals surface area contributed by atoms with E-state index in [0.717, 1.165) is 17.0 Å². The van der Waals surface area contributed by atoms with Gasteiger partial charge in [-0.25, -0.2) is 18.8 Å². The highest BCUT2D eigenvalue weighted by molar-refractivity contribution is 6.05. The highest BCUT2D eigenvalue weighted by Crippen LogP contribution is 2.44. The fourth-order valence-electron chi connectivity index (χ4n) is 6.48. The zero-order chi connectivity index (χ0) is 37.5. The average Bonchev–Trinajstić information content (AvgIpc) is 3.65. The molecule has 10 nitrogen and oxygen atoms in total. The summed E-state index contributed by atoms with van der Waals surface area (Å²) in [6.45, 7) is 6.83. The minimum absolute atomic E-state index is 0.0403. The Morgan fingerprint density at radius 2 is 1.63 bits per heavy atom. The molecule has 0 saturated heterocycles. The maximum atomic E-state index is 14.5. The maximum absolute atomic E-state index is 14.5. The van der Waals surface area contributed by atoms with Crippen LogP contribution in [-0.4, -0.2) is 62.7 Å². The number of carbonyl (C=O) groups excluding carboxylic acids is 4. The number of ether oxygens (including phenoxy) is 1. The highest BCUT2D eigenvalue weighted by atomic mass is 19.4. The average molecular weight is 718 g/mol. The first kappa shape index (κ1) is 36.0. The van der Waals surface area contributed by atoms with E-state index in [1.807, 2.05) is 0 Å². The van der Waals surface area contributed by atoms with Crippen molar-refractivity contribution < 1.29 is 41.5 Å². The second-order valence-electron chi connectivity index (χ2n) is 13.4. The van der Waals surface area contributed by atoms with Crippen LogP contribution in [-0.2, 0) is 26.9 Å². The lowest BCUT2D eigenvalue weighted by Crippen LogP contribution is -2.55. The van der Waals surface area contributed by atoms with Gasteiger partial charge in [-0.3, -0.25) is 19.3 Å². The van der Waals surface area contributed by atoms with Gasteiger partial charge in [-0.05, 0) is 75.7 Å². The third-order valence-corrected chi connectivity index (χ3v) is 8.71. The van der Waals surface area contributed by atoms with Crippen LogP contribution in [0.4, 0.5) is 28.2 Å². The molecule has 3 atom stereocenters. The molecule has 0 saturated carbocycles. The van der Waals surface area contributed by atoms with Crippen molar-refractivity contribution in [2.75, 3.05) is 11.4 Å². The molecule has 6 rings (SSSR count). The number of nitrogens with zero attached hydrogens (tertiary/aromatic N) is 4. The number of likely N-dealkylation sites (N-methyl/N-ethyl adjacent to an activating group) is 1. The molecule has 4 aromatic rings. The van der Waals surface area contributed by atoms with E-state index in [1.165, 1.54) is 41.3 Å². The quantitative estimate of drug-likeness (QED) is 0.217. The van der Waals surface area contributed by atoms with Crippen molar-refractivity contribution in [3.63, 3.8) is 0 Å². The molecular weight excluding hydrogens is 682 g/mol. The van der Waals surface area contributed by atoms with Crippen LogP contribution in [0.25, 0.3) is 5.69 Å². The van der Waals surface area contributed by atoms with Gasteiger partial charge in [0, 0.05) is 36.1 Å². The summed E-state index contributed by atoms with van der Waals surface area (Å²) in [6.07, 6.45) is -2.82. The molecule has 1 N–H and O–H groups in total. The number of nitrogens with one attached hydrogen (secondary N) is 1. The largest absolute Gasteiger partial charge is 0.443 e. The van der Waals surface area contributed by atoms with Crippen LogP contribution in [0.5, 0.6) is 0 Å². The maximum Gasteiger partial charge on any atom is 0.417 e. The molecule has 0 spiro atoms. The Balaban J connectivity index is 1.53. The second-order valence-corrected chi connectivity index (χ2v) is 13.4. The third kappa shape index (κ3) is 7.05. The molecule has 3 heterocycles. The second kappa shape index (κ2) is 13.7. The Kier molecular flexibility index (Phi) is 9.51. The monoisotopic (exact) mass is 717 g/mol. The van der Waals surface area contributed by atoms with E-state index in [-0.39, 0.29) is 18.5 Å². The number of alkyl halides is 3. The van der Waals surface area contributed by atoms with E-state index in [4.69, 9.17) is 9.84 Å². The van der Waals surface area contributed by atoms with Crippen LogP contribution in [0, 0.1) is 5.82 Å². The summed E-state index contributed by atoms with van der Waals surface area (Å²) < 4.78 is 62.1. The van der Waals surface area contributed by atoms with E-state index < -0.39 is 65.0 Å². The number of benzene rings is 3. The van der Waals surface area contributed by atoms with Crippen LogP contribution in [0.15, 0.2) is 91.0 Å². The predicted octanol–water partition coefficient (Wildman–Crippen LogP) is 6.57. The molecule has 52 heavy (non-hydrogen) atoms. The van der Waals surface area contributed by atoms with Crippen molar-refractivity contribution in [3.8, 4) is 5.69 Å². The van der Waals surface area contributed by atoms with Gasteiger partial charge in [0.25, 0.3) is 17.7 Å². The number of hydrogen-bond acceptors (Lipinski definition) is 6. The van der Waals surface area contributed by atoms with Crippen LogP contribution < -0.4 is 10.2 Å². The first-order valence-corrected chi connectivity index (χ1v) is 16.5. The molecule has 14 heteroatoms. The third-order valence-electron chi connectivity index (χ3n) is 8.71. The molecule has 2 aliphatic heterocycles. The predicted molar refractivity (Wildman–Crippen MR) is 182 cm³/mol. The summed E-state index contributed by atoms with van der Waals surface area (Å²) in [4.78, 5) is 56.8. The van der Waals surface area contributed by atoms with E-state index in [2.05, 4.69) is 5.32 Å². The summed E-state index contributed by atoms with van der Waals surface area (Å²) >= 11 is 0. The molecule has 2 aliphatic rings. The number of imide groups is 1. The standard InChI is InChI=1S/C38H35F4N5O5/c1-5-45-34-31(28(44-47(34)26-12-7-6-8-13-26)21-27-18-19-29(48)46(27)36(51)52-37(2,3)4)30(22-14-16-25(39)17-15-22)32(35(45)50)43-33(49)23-10-9-11-24(20-23)38(40,41)42/h6-20,27,30,32H,5,21H2,1-4H3,(H,43,49)/t27-,30+,32+/m0/s1. The van der Waals surface area contributed by atoms with Gasteiger partial charge in [0.05, 0.1) is 23.0 Å². The van der Waals surface area contributed by atoms with Gasteiger partial charge in [-0.2, -0.15) is 18.3 Å². The number of para-hydroxylation sites is 1. The van der Waals surface area contributed by atoms with Crippen LogP contribution in [0.3, 0.4) is 0 Å². The lowest BCUT2D eigenvalue weighted by molar-refractivity contribution is -0.137. The lowest BCUT2D eigenvalue weighted by atomic mass is 9.80. The van der Waals surface area contributed by atoms with Crippen molar-refractivity contribution in [1.82, 2.24) is 20.0 Å². The Labute approximate surface area is 296 Å². The van der Waals surface area contributed by atoms with Gasteiger partial charge in [0.2, 0.25) is 0 Å². The summed E-state index contributed by atoms with van der Waals surface area (Å²) in [7, 11) is 0. The molecule has 270 valence electrons. The number of fused-ring (bicyclic) bond motifs is 1. The fourth-order valence-corrected chi connectivity index (χ4v) is 6.48. The number of aromatic nitrogens is 2. The van der Waals surface area contributed by atoms with E-state index in [9.17, 15) is 36.7 Å². The van der Waals surface area contributed by atoms with Crippen molar-refractivity contribution in [2.45, 2.75) is 63.9 Å². The molecular formula is C38H35F4N5O5.